The smallest absolute Gasteiger partial charge is 0.338 e. The van der Waals surface area contributed by atoms with Crippen molar-refractivity contribution in [1.29, 1.82) is 0 Å². The van der Waals surface area contributed by atoms with Gasteiger partial charge in [-0.15, -0.1) is 0 Å². The summed E-state index contributed by atoms with van der Waals surface area (Å²) in [5.41, 5.74) is 1.41. The standard InChI is InChI=1S/C13H16BrNO4/c1-8(12(16)18-2)15-7-9-4-5-10(11(14)6-9)13(17)19-3/h4-6,8,15H,7H2,1-3H3/t8-/m1/s1. The molecule has 0 saturated carbocycles. The highest BCUT2D eigenvalue weighted by Gasteiger charge is 2.13. The third kappa shape index (κ3) is 4.33. The van der Waals surface area contributed by atoms with Crippen LogP contribution in [0.3, 0.4) is 0 Å². The van der Waals surface area contributed by atoms with Crippen molar-refractivity contribution in [2.24, 2.45) is 0 Å². The Hall–Kier alpha value is -1.40. The van der Waals surface area contributed by atoms with Gasteiger partial charge in [0, 0.05) is 11.0 Å². The summed E-state index contributed by atoms with van der Waals surface area (Å²) in [4.78, 5) is 22.6. The average molecular weight is 330 g/mol. The van der Waals surface area contributed by atoms with Crippen LogP contribution in [0.4, 0.5) is 0 Å². The lowest BCUT2D eigenvalue weighted by molar-refractivity contribution is -0.142. The summed E-state index contributed by atoms with van der Waals surface area (Å²) in [6.07, 6.45) is 0. The molecule has 1 N–H and O–H groups in total. The first-order chi connectivity index (χ1) is 8.99. The van der Waals surface area contributed by atoms with Crippen molar-refractivity contribution in [2.75, 3.05) is 14.2 Å². The highest BCUT2D eigenvalue weighted by atomic mass is 79.9. The fourth-order valence-corrected chi connectivity index (χ4v) is 2.06. The van der Waals surface area contributed by atoms with Gasteiger partial charge in [-0.1, -0.05) is 6.07 Å². The van der Waals surface area contributed by atoms with Crippen molar-refractivity contribution < 1.29 is 19.1 Å². The van der Waals surface area contributed by atoms with Gasteiger partial charge in [-0.2, -0.15) is 0 Å². The normalized spacial score (nSPS) is 11.8. The third-order valence-corrected chi connectivity index (χ3v) is 3.26. The summed E-state index contributed by atoms with van der Waals surface area (Å²) in [5, 5.41) is 3.03. The molecule has 1 aromatic carbocycles. The number of carbonyl (C=O) groups is 2. The largest absolute Gasteiger partial charge is 0.468 e. The van der Waals surface area contributed by atoms with E-state index in [2.05, 4.69) is 30.7 Å². The molecule has 1 aromatic rings. The fraction of sp³-hybridized carbons (Fsp3) is 0.385. The summed E-state index contributed by atoms with van der Waals surface area (Å²) in [6, 6.07) is 4.90. The van der Waals surface area contributed by atoms with E-state index in [4.69, 9.17) is 0 Å². The van der Waals surface area contributed by atoms with Crippen molar-refractivity contribution in [2.45, 2.75) is 19.5 Å². The Bertz CT molecular complexity index is 476. The van der Waals surface area contributed by atoms with Crippen molar-refractivity contribution in [3.05, 3.63) is 33.8 Å². The Morgan fingerprint density at radius 3 is 2.53 bits per heavy atom. The van der Waals surface area contributed by atoms with E-state index in [1.807, 2.05) is 6.07 Å². The van der Waals surface area contributed by atoms with Crippen LogP contribution in [0.1, 0.15) is 22.8 Å². The molecule has 0 fully saturated rings. The van der Waals surface area contributed by atoms with Crippen LogP contribution in [0, 0.1) is 0 Å². The molecule has 5 nitrogen and oxygen atoms in total. The Morgan fingerprint density at radius 1 is 1.32 bits per heavy atom. The minimum atomic E-state index is -0.394. The minimum Gasteiger partial charge on any atom is -0.468 e. The number of hydrogen-bond acceptors (Lipinski definition) is 5. The van der Waals surface area contributed by atoms with Gasteiger partial charge in [-0.05, 0) is 40.5 Å². The van der Waals surface area contributed by atoms with Crippen LogP contribution in [0.5, 0.6) is 0 Å². The van der Waals surface area contributed by atoms with Gasteiger partial charge >= 0.3 is 11.9 Å². The Balaban J connectivity index is 2.69. The van der Waals surface area contributed by atoms with Gasteiger partial charge < -0.3 is 14.8 Å². The molecule has 19 heavy (non-hydrogen) atoms. The molecule has 0 radical (unpaired) electrons. The number of rotatable bonds is 5. The van der Waals surface area contributed by atoms with E-state index in [-0.39, 0.29) is 12.0 Å². The van der Waals surface area contributed by atoms with Crippen molar-refractivity contribution in [3.8, 4) is 0 Å². The van der Waals surface area contributed by atoms with Crippen LogP contribution in [-0.2, 0) is 20.8 Å². The van der Waals surface area contributed by atoms with Crippen LogP contribution in [0.15, 0.2) is 22.7 Å². The number of ether oxygens (including phenoxy) is 2. The number of hydrogen-bond donors (Lipinski definition) is 1. The SMILES string of the molecule is COC(=O)c1ccc(CN[C@H](C)C(=O)OC)cc1Br. The van der Waals surface area contributed by atoms with Crippen LogP contribution in [-0.4, -0.2) is 32.2 Å². The van der Waals surface area contributed by atoms with Gasteiger partial charge in [0.2, 0.25) is 0 Å². The van der Waals surface area contributed by atoms with Gasteiger partial charge in [-0.25, -0.2) is 4.79 Å². The monoisotopic (exact) mass is 329 g/mol. The van der Waals surface area contributed by atoms with Gasteiger partial charge in [0.15, 0.2) is 0 Å². The molecule has 0 aliphatic rings. The molecule has 6 heteroatoms. The van der Waals surface area contributed by atoms with E-state index >= 15 is 0 Å². The molecule has 0 aliphatic heterocycles. The fourth-order valence-electron chi connectivity index (χ4n) is 1.48. The first-order valence-electron chi connectivity index (χ1n) is 5.67. The number of benzene rings is 1. The Labute approximate surface area is 120 Å². The predicted octanol–water partition coefficient (Wildman–Crippen LogP) is 1.89. The maximum Gasteiger partial charge on any atom is 0.338 e. The molecule has 0 bridgehead atoms. The second kappa shape index (κ2) is 7.25. The van der Waals surface area contributed by atoms with Gasteiger partial charge in [0.1, 0.15) is 6.04 Å². The highest BCUT2D eigenvalue weighted by Crippen LogP contribution is 2.19. The van der Waals surface area contributed by atoms with Crippen LogP contribution >= 0.6 is 15.9 Å². The predicted molar refractivity (Wildman–Crippen MR) is 73.8 cm³/mol. The summed E-state index contributed by atoms with van der Waals surface area (Å²) in [6.45, 7) is 2.22. The molecule has 104 valence electrons. The van der Waals surface area contributed by atoms with Crippen LogP contribution < -0.4 is 5.32 Å². The molecule has 0 unspecified atom stereocenters. The van der Waals surface area contributed by atoms with Crippen molar-refractivity contribution in [1.82, 2.24) is 5.32 Å². The number of esters is 2. The second-order valence-electron chi connectivity index (χ2n) is 3.93. The van der Waals surface area contributed by atoms with Crippen molar-refractivity contribution in [3.63, 3.8) is 0 Å². The number of halogens is 1. The van der Waals surface area contributed by atoms with E-state index in [1.165, 1.54) is 14.2 Å². The minimum absolute atomic E-state index is 0.315. The lowest BCUT2D eigenvalue weighted by Crippen LogP contribution is -2.34. The lowest BCUT2D eigenvalue weighted by atomic mass is 10.1. The number of nitrogens with one attached hydrogen (secondary N) is 1. The molecule has 0 saturated heterocycles. The first kappa shape index (κ1) is 15.7. The average Bonchev–Trinajstić information content (AvgIpc) is 2.43. The van der Waals surface area contributed by atoms with Gasteiger partial charge in [0.25, 0.3) is 0 Å². The Kier molecular flexibility index (Phi) is 5.98. The lowest BCUT2D eigenvalue weighted by Gasteiger charge is -2.12. The maximum absolute atomic E-state index is 11.4. The van der Waals surface area contributed by atoms with E-state index in [0.717, 1.165) is 5.56 Å². The molecular weight excluding hydrogens is 314 g/mol. The quantitative estimate of drug-likeness (QED) is 0.835. The third-order valence-electron chi connectivity index (χ3n) is 2.61. The molecular formula is C13H16BrNO4. The molecule has 1 atom stereocenters. The van der Waals surface area contributed by atoms with Crippen LogP contribution in [0.2, 0.25) is 0 Å². The topological polar surface area (TPSA) is 64.6 Å². The molecule has 0 spiro atoms. The molecule has 0 heterocycles. The van der Waals surface area contributed by atoms with E-state index in [9.17, 15) is 9.59 Å². The summed E-state index contributed by atoms with van der Waals surface area (Å²) in [5.74, 6) is -0.709. The first-order valence-corrected chi connectivity index (χ1v) is 6.46. The molecule has 0 aromatic heterocycles. The summed E-state index contributed by atoms with van der Waals surface area (Å²) >= 11 is 3.32. The maximum atomic E-state index is 11.4. The zero-order valence-corrected chi connectivity index (χ0v) is 12.6. The van der Waals surface area contributed by atoms with E-state index < -0.39 is 5.97 Å². The summed E-state index contributed by atoms with van der Waals surface area (Å²) < 4.78 is 9.93. The van der Waals surface area contributed by atoms with E-state index in [0.29, 0.717) is 16.6 Å². The van der Waals surface area contributed by atoms with Crippen molar-refractivity contribution >= 4 is 27.9 Å². The second-order valence-corrected chi connectivity index (χ2v) is 4.79. The zero-order chi connectivity index (χ0) is 14.4. The Morgan fingerprint density at radius 2 is 2.00 bits per heavy atom. The highest BCUT2D eigenvalue weighted by molar-refractivity contribution is 9.10. The van der Waals surface area contributed by atoms with Crippen LogP contribution in [0.25, 0.3) is 0 Å². The zero-order valence-electron chi connectivity index (χ0n) is 11.0. The van der Waals surface area contributed by atoms with E-state index in [1.54, 1.807) is 19.1 Å². The molecule has 0 amide bonds. The van der Waals surface area contributed by atoms with Gasteiger partial charge in [0.05, 0.1) is 19.8 Å². The molecule has 0 aliphatic carbocycles. The number of carbonyl (C=O) groups excluding carboxylic acids is 2. The van der Waals surface area contributed by atoms with Gasteiger partial charge in [-0.3, -0.25) is 4.79 Å². The number of methoxy groups -OCH3 is 2. The molecule has 1 rings (SSSR count). The summed E-state index contributed by atoms with van der Waals surface area (Å²) in [7, 11) is 2.69.